The third-order valence-corrected chi connectivity index (χ3v) is 5.19. The van der Waals surface area contributed by atoms with E-state index in [0.717, 1.165) is 11.5 Å². The normalized spacial score (nSPS) is 18.6. The van der Waals surface area contributed by atoms with Gasteiger partial charge in [-0.15, -0.1) is 0 Å². The number of nitrogens with zero attached hydrogens (tertiary/aromatic N) is 3. The summed E-state index contributed by atoms with van der Waals surface area (Å²) in [6.45, 7) is 1.07. The van der Waals surface area contributed by atoms with Crippen LogP contribution in [0.3, 0.4) is 0 Å². The highest BCUT2D eigenvalue weighted by Gasteiger charge is 2.26. The topological polar surface area (TPSA) is 63.2 Å². The molecule has 0 saturated carbocycles. The van der Waals surface area contributed by atoms with Crippen LogP contribution in [0, 0.1) is 0 Å². The molecule has 0 atom stereocenters. The molecule has 0 spiro atoms. The average molecular weight is 280 g/mol. The van der Waals surface area contributed by atoms with Gasteiger partial charge >= 0.3 is 0 Å². The van der Waals surface area contributed by atoms with Gasteiger partial charge in [-0.25, -0.2) is 18.4 Å². The van der Waals surface area contributed by atoms with Crippen LogP contribution in [0.25, 0.3) is 0 Å². The van der Waals surface area contributed by atoms with Crippen molar-refractivity contribution in [3.05, 3.63) is 17.7 Å². The Morgan fingerprint density at radius 2 is 1.81 bits per heavy atom. The molecule has 1 saturated heterocycles. The highest BCUT2D eigenvalue weighted by Crippen LogP contribution is 2.19. The lowest BCUT2D eigenvalue weighted by molar-refractivity contribution is 0.443. The highest BCUT2D eigenvalue weighted by atomic mass is 35.5. The van der Waals surface area contributed by atoms with Crippen molar-refractivity contribution in [2.24, 2.45) is 0 Å². The van der Waals surface area contributed by atoms with Gasteiger partial charge in [0.15, 0.2) is 0 Å². The minimum absolute atomic E-state index is 0.0492. The molecule has 2 heterocycles. The summed E-state index contributed by atoms with van der Waals surface area (Å²) in [5.74, 6) is 1.65. The van der Waals surface area contributed by atoms with Crippen LogP contribution < -0.4 is 0 Å². The first-order chi connectivity index (χ1) is 7.60. The summed E-state index contributed by atoms with van der Waals surface area (Å²) in [4.78, 5) is 7.47. The average Bonchev–Trinajstić information content (AvgIpc) is 2.31. The maximum absolute atomic E-state index is 12.1. The van der Waals surface area contributed by atoms with Crippen LogP contribution in [-0.4, -0.2) is 47.3 Å². The van der Waals surface area contributed by atoms with E-state index in [2.05, 4.69) is 9.97 Å². The smallest absolute Gasteiger partial charge is 0.225 e. The zero-order chi connectivity index (χ0) is 11.6. The largest absolute Gasteiger partial charge is 0.246 e. The first kappa shape index (κ1) is 12.1. The van der Waals surface area contributed by atoms with Gasteiger partial charge < -0.3 is 0 Å². The van der Waals surface area contributed by atoms with E-state index in [-0.39, 0.29) is 10.2 Å². The van der Waals surface area contributed by atoms with Gasteiger partial charge in [-0.3, -0.25) is 0 Å². The second-order valence-electron chi connectivity index (χ2n) is 3.20. The fourth-order valence-electron chi connectivity index (χ4n) is 1.37. The molecule has 16 heavy (non-hydrogen) atoms. The van der Waals surface area contributed by atoms with E-state index in [4.69, 9.17) is 11.6 Å². The molecule has 0 N–H and O–H groups in total. The van der Waals surface area contributed by atoms with Gasteiger partial charge in [-0.05, 0) is 11.6 Å². The Hall–Kier alpha value is -0.370. The van der Waals surface area contributed by atoms with Crippen molar-refractivity contribution in [1.82, 2.24) is 14.3 Å². The van der Waals surface area contributed by atoms with E-state index in [1.54, 1.807) is 11.8 Å². The Bertz CT molecular complexity index is 457. The second-order valence-corrected chi connectivity index (χ2v) is 6.70. The molecule has 0 amide bonds. The summed E-state index contributed by atoms with van der Waals surface area (Å²) in [6.07, 6.45) is 2.48. The van der Waals surface area contributed by atoms with Crippen LogP contribution in [0.1, 0.15) is 0 Å². The number of aromatic nitrogens is 2. The van der Waals surface area contributed by atoms with E-state index in [1.165, 1.54) is 16.7 Å². The van der Waals surface area contributed by atoms with Crippen LogP contribution >= 0.6 is 23.4 Å². The monoisotopic (exact) mass is 279 g/mol. The molecule has 0 radical (unpaired) electrons. The number of hydrogen-bond donors (Lipinski definition) is 0. The molecule has 0 aromatic carbocycles. The third-order valence-electron chi connectivity index (χ3n) is 2.20. The van der Waals surface area contributed by atoms with Crippen LogP contribution in [0.2, 0.25) is 5.28 Å². The van der Waals surface area contributed by atoms with E-state index in [9.17, 15) is 8.42 Å². The second kappa shape index (κ2) is 4.87. The maximum Gasteiger partial charge on any atom is 0.246 e. The first-order valence-corrected chi connectivity index (χ1v) is 7.63. The lowest BCUT2D eigenvalue weighted by Gasteiger charge is -2.25. The molecule has 5 nitrogen and oxygen atoms in total. The van der Waals surface area contributed by atoms with Gasteiger partial charge in [-0.2, -0.15) is 16.1 Å². The lowest BCUT2D eigenvalue weighted by atomic mass is 10.6. The molecular weight excluding hydrogens is 270 g/mol. The molecule has 1 aliphatic heterocycles. The number of halogens is 1. The summed E-state index contributed by atoms with van der Waals surface area (Å²) in [5.41, 5.74) is 0. The summed E-state index contributed by atoms with van der Waals surface area (Å²) in [6, 6.07) is 0. The van der Waals surface area contributed by atoms with Crippen molar-refractivity contribution in [1.29, 1.82) is 0 Å². The van der Waals surface area contributed by atoms with Crippen molar-refractivity contribution in [3.63, 3.8) is 0 Å². The first-order valence-electron chi connectivity index (χ1n) is 4.66. The summed E-state index contributed by atoms with van der Waals surface area (Å²) in [5, 5.41) is 0.0492. The minimum atomic E-state index is -3.44. The van der Waals surface area contributed by atoms with Crippen LogP contribution in [0.15, 0.2) is 17.3 Å². The van der Waals surface area contributed by atoms with Crippen molar-refractivity contribution in [2.75, 3.05) is 24.6 Å². The zero-order valence-electron chi connectivity index (χ0n) is 8.34. The standard InChI is InChI=1S/C8H10ClN3O2S2/c9-8-10-5-7(6-11-8)16(13,14)12-1-3-15-4-2-12/h5-6H,1-4H2. The Morgan fingerprint density at radius 1 is 1.25 bits per heavy atom. The van der Waals surface area contributed by atoms with Gasteiger partial charge in [0.05, 0.1) is 12.4 Å². The van der Waals surface area contributed by atoms with E-state index < -0.39 is 10.0 Å². The van der Waals surface area contributed by atoms with Gasteiger partial charge in [0.2, 0.25) is 15.3 Å². The van der Waals surface area contributed by atoms with Gasteiger partial charge in [-0.1, -0.05) is 0 Å². The van der Waals surface area contributed by atoms with Crippen molar-refractivity contribution >= 4 is 33.4 Å². The highest BCUT2D eigenvalue weighted by molar-refractivity contribution is 7.99. The lowest BCUT2D eigenvalue weighted by Crippen LogP contribution is -2.37. The van der Waals surface area contributed by atoms with E-state index >= 15 is 0 Å². The number of thioether (sulfide) groups is 1. The van der Waals surface area contributed by atoms with Crippen molar-refractivity contribution in [3.8, 4) is 0 Å². The fraction of sp³-hybridized carbons (Fsp3) is 0.500. The number of hydrogen-bond acceptors (Lipinski definition) is 5. The third kappa shape index (κ3) is 2.48. The Morgan fingerprint density at radius 3 is 2.38 bits per heavy atom. The van der Waals surface area contributed by atoms with Crippen molar-refractivity contribution in [2.45, 2.75) is 4.90 Å². The van der Waals surface area contributed by atoms with Gasteiger partial charge in [0.25, 0.3) is 0 Å². The van der Waals surface area contributed by atoms with E-state index in [1.807, 2.05) is 0 Å². The van der Waals surface area contributed by atoms with Gasteiger partial charge in [0.1, 0.15) is 4.90 Å². The Kier molecular flexibility index (Phi) is 3.68. The number of sulfonamides is 1. The van der Waals surface area contributed by atoms with E-state index in [0.29, 0.717) is 13.1 Å². The Balaban J connectivity index is 2.27. The number of rotatable bonds is 2. The van der Waals surface area contributed by atoms with Gasteiger partial charge in [0, 0.05) is 24.6 Å². The SMILES string of the molecule is O=S(=O)(c1cnc(Cl)nc1)N1CCSCC1. The quantitative estimate of drug-likeness (QED) is 0.752. The molecule has 8 heteroatoms. The molecular formula is C8H10ClN3O2S2. The zero-order valence-corrected chi connectivity index (χ0v) is 10.7. The molecule has 0 aliphatic carbocycles. The van der Waals surface area contributed by atoms with Crippen LogP contribution in [0.4, 0.5) is 0 Å². The Labute approximate surface area is 103 Å². The minimum Gasteiger partial charge on any atom is -0.225 e. The fourth-order valence-corrected chi connectivity index (χ4v) is 3.93. The molecule has 0 bridgehead atoms. The molecule has 88 valence electrons. The molecule has 0 unspecified atom stereocenters. The predicted molar refractivity (Wildman–Crippen MR) is 63.1 cm³/mol. The van der Waals surface area contributed by atoms with Crippen LogP contribution in [0.5, 0.6) is 0 Å². The summed E-state index contributed by atoms with van der Waals surface area (Å²) >= 11 is 7.27. The molecule has 1 aromatic rings. The molecule has 2 rings (SSSR count). The predicted octanol–water partition coefficient (Wildman–Crippen LogP) is 0.868. The molecule has 1 aliphatic rings. The summed E-state index contributed by atoms with van der Waals surface area (Å²) < 4.78 is 25.6. The molecule has 1 aromatic heterocycles. The van der Waals surface area contributed by atoms with Crippen LogP contribution in [-0.2, 0) is 10.0 Å². The molecule has 1 fully saturated rings. The maximum atomic E-state index is 12.1. The summed E-state index contributed by atoms with van der Waals surface area (Å²) in [7, 11) is -3.44. The van der Waals surface area contributed by atoms with Crippen molar-refractivity contribution < 1.29 is 8.42 Å².